The Morgan fingerprint density at radius 1 is 1.37 bits per heavy atom. The van der Waals surface area contributed by atoms with E-state index >= 15 is 0 Å². The molecule has 0 spiro atoms. The highest BCUT2D eigenvalue weighted by Crippen LogP contribution is 2.38. The van der Waals surface area contributed by atoms with Gasteiger partial charge in [0.1, 0.15) is 0 Å². The van der Waals surface area contributed by atoms with Crippen LogP contribution in [-0.2, 0) is 11.2 Å². The number of rotatable bonds is 7. The zero-order valence-electron chi connectivity index (χ0n) is 11.6. The van der Waals surface area contributed by atoms with Gasteiger partial charge in [0, 0.05) is 18.0 Å². The molecule has 0 amide bonds. The number of carboxylic acid groups (broad SMARTS) is 1. The topological polar surface area (TPSA) is 81.8 Å². The highest BCUT2D eigenvalue weighted by atomic mass is 16.5. The van der Waals surface area contributed by atoms with Crippen LogP contribution in [0, 0.1) is 0 Å². The summed E-state index contributed by atoms with van der Waals surface area (Å²) >= 11 is 0. The fourth-order valence-corrected chi connectivity index (χ4v) is 2.13. The van der Waals surface area contributed by atoms with Crippen LogP contribution in [0.2, 0.25) is 0 Å². The van der Waals surface area contributed by atoms with Crippen LogP contribution >= 0.6 is 0 Å². The molecule has 0 saturated carbocycles. The zero-order chi connectivity index (χ0) is 14.4. The molecule has 1 atom stereocenters. The summed E-state index contributed by atoms with van der Waals surface area (Å²) in [5, 5.41) is 8.75. The van der Waals surface area contributed by atoms with Gasteiger partial charge in [-0.05, 0) is 24.5 Å². The summed E-state index contributed by atoms with van der Waals surface area (Å²) in [6, 6.07) is 3.40. The monoisotopic (exact) mass is 267 g/mol. The molecule has 106 valence electrons. The van der Waals surface area contributed by atoms with E-state index < -0.39 is 5.97 Å². The van der Waals surface area contributed by atoms with Crippen molar-refractivity contribution in [3.8, 4) is 11.5 Å². The number of ether oxygens (including phenoxy) is 2. The first-order chi connectivity index (χ1) is 9.04. The van der Waals surface area contributed by atoms with Crippen molar-refractivity contribution in [3.05, 3.63) is 23.3 Å². The van der Waals surface area contributed by atoms with Gasteiger partial charge in [-0.15, -0.1) is 0 Å². The summed E-state index contributed by atoms with van der Waals surface area (Å²) in [6.45, 7) is 2.02. The first-order valence-electron chi connectivity index (χ1n) is 6.26. The number of methoxy groups -OCH3 is 2. The Labute approximate surface area is 113 Å². The van der Waals surface area contributed by atoms with E-state index in [0.717, 1.165) is 17.5 Å². The quantitative estimate of drug-likeness (QED) is 0.791. The Hall–Kier alpha value is -1.75. The number of carbonyl (C=O) groups is 1. The van der Waals surface area contributed by atoms with Crippen LogP contribution in [0.15, 0.2) is 12.1 Å². The van der Waals surface area contributed by atoms with Crippen molar-refractivity contribution >= 4 is 5.97 Å². The second-order valence-corrected chi connectivity index (χ2v) is 4.27. The highest BCUT2D eigenvalue weighted by molar-refractivity contribution is 5.66. The predicted octanol–water partition coefficient (Wildman–Crippen LogP) is 2.13. The smallest absolute Gasteiger partial charge is 0.303 e. The van der Waals surface area contributed by atoms with E-state index in [4.69, 9.17) is 20.3 Å². The fourth-order valence-electron chi connectivity index (χ4n) is 2.13. The number of benzene rings is 1. The molecule has 0 aliphatic heterocycles. The molecule has 0 fully saturated rings. The largest absolute Gasteiger partial charge is 0.493 e. The molecule has 0 aromatic heterocycles. The SMILES string of the molecule is CCc1ccc(OC)c(OC)c1C(N)CCC(=O)O. The van der Waals surface area contributed by atoms with E-state index in [1.54, 1.807) is 14.2 Å². The van der Waals surface area contributed by atoms with Crippen molar-refractivity contribution in [3.63, 3.8) is 0 Å². The molecule has 1 aromatic carbocycles. The first kappa shape index (κ1) is 15.3. The third-order valence-electron chi connectivity index (χ3n) is 3.10. The summed E-state index contributed by atoms with van der Waals surface area (Å²) in [5.74, 6) is 0.357. The third kappa shape index (κ3) is 3.61. The van der Waals surface area contributed by atoms with Crippen molar-refractivity contribution in [1.29, 1.82) is 0 Å². The zero-order valence-corrected chi connectivity index (χ0v) is 11.6. The molecule has 5 heteroatoms. The molecular weight excluding hydrogens is 246 g/mol. The summed E-state index contributed by atoms with van der Waals surface area (Å²) in [7, 11) is 3.13. The number of hydrogen-bond donors (Lipinski definition) is 2. The van der Waals surface area contributed by atoms with Gasteiger partial charge in [0.05, 0.1) is 14.2 Å². The van der Waals surface area contributed by atoms with Gasteiger partial charge in [-0.3, -0.25) is 4.79 Å². The van der Waals surface area contributed by atoms with E-state index in [0.29, 0.717) is 17.9 Å². The molecule has 0 saturated heterocycles. The van der Waals surface area contributed by atoms with Gasteiger partial charge < -0.3 is 20.3 Å². The van der Waals surface area contributed by atoms with E-state index in [1.165, 1.54) is 0 Å². The van der Waals surface area contributed by atoms with Crippen LogP contribution in [0.5, 0.6) is 11.5 Å². The molecule has 3 N–H and O–H groups in total. The van der Waals surface area contributed by atoms with Crippen molar-refractivity contribution in [1.82, 2.24) is 0 Å². The number of aliphatic carboxylic acids is 1. The molecule has 0 radical (unpaired) electrons. The molecule has 1 aromatic rings. The van der Waals surface area contributed by atoms with E-state index in [-0.39, 0.29) is 12.5 Å². The molecular formula is C14H21NO4. The van der Waals surface area contributed by atoms with Gasteiger partial charge in [-0.2, -0.15) is 0 Å². The van der Waals surface area contributed by atoms with Gasteiger partial charge in [0.2, 0.25) is 0 Å². The summed E-state index contributed by atoms with van der Waals surface area (Å²) in [6.07, 6.45) is 1.20. The van der Waals surface area contributed by atoms with Crippen molar-refractivity contribution in [2.75, 3.05) is 14.2 Å². The summed E-state index contributed by atoms with van der Waals surface area (Å²) < 4.78 is 10.6. The Morgan fingerprint density at radius 2 is 2.05 bits per heavy atom. The van der Waals surface area contributed by atoms with Crippen LogP contribution in [0.3, 0.4) is 0 Å². The highest BCUT2D eigenvalue weighted by Gasteiger charge is 2.20. The summed E-state index contributed by atoms with van der Waals surface area (Å²) in [5.41, 5.74) is 8.01. The number of hydrogen-bond acceptors (Lipinski definition) is 4. The first-order valence-corrected chi connectivity index (χ1v) is 6.26. The Bertz CT molecular complexity index is 445. The number of aryl methyl sites for hydroxylation is 1. The summed E-state index contributed by atoms with van der Waals surface area (Å²) in [4.78, 5) is 10.7. The predicted molar refractivity (Wildman–Crippen MR) is 72.7 cm³/mol. The molecule has 1 unspecified atom stereocenters. The van der Waals surface area contributed by atoms with Gasteiger partial charge >= 0.3 is 5.97 Å². The lowest BCUT2D eigenvalue weighted by Crippen LogP contribution is -2.16. The standard InChI is InChI=1S/C14H21NO4/c1-4-9-5-7-11(18-2)14(19-3)13(9)10(15)6-8-12(16)17/h5,7,10H,4,6,8,15H2,1-3H3,(H,16,17). The van der Waals surface area contributed by atoms with Crippen LogP contribution in [0.1, 0.15) is 36.9 Å². The molecule has 0 aliphatic carbocycles. The minimum atomic E-state index is -0.852. The van der Waals surface area contributed by atoms with E-state index in [1.807, 2.05) is 19.1 Å². The van der Waals surface area contributed by atoms with Gasteiger partial charge in [0.15, 0.2) is 11.5 Å². The van der Waals surface area contributed by atoms with Gasteiger partial charge in [-0.1, -0.05) is 13.0 Å². The lowest BCUT2D eigenvalue weighted by Gasteiger charge is -2.20. The van der Waals surface area contributed by atoms with Crippen molar-refractivity contribution in [2.24, 2.45) is 5.73 Å². The Balaban J connectivity index is 3.16. The Morgan fingerprint density at radius 3 is 2.53 bits per heavy atom. The molecule has 0 heterocycles. The second kappa shape index (κ2) is 6.99. The van der Waals surface area contributed by atoms with E-state index in [2.05, 4.69) is 0 Å². The van der Waals surface area contributed by atoms with Crippen molar-refractivity contribution in [2.45, 2.75) is 32.2 Å². The number of carboxylic acids is 1. The lowest BCUT2D eigenvalue weighted by molar-refractivity contribution is -0.137. The minimum absolute atomic E-state index is 0.0324. The average Bonchev–Trinajstić information content (AvgIpc) is 2.42. The molecule has 1 rings (SSSR count). The van der Waals surface area contributed by atoms with Crippen LogP contribution in [0.25, 0.3) is 0 Å². The fraction of sp³-hybridized carbons (Fsp3) is 0.500. The maximum absolute atomic E-state index is 10.7. The van der Waals surface area contributed by atoms with Crippen molar-refractivity contribution < 1.29 is 19.4 Å². The molecule has 0 aliphatic rings. The van der Waals surface area contributed by atoms with Crippen LogP contribution < -0.4 is 15.2 Å². The normalized spacial score (nSPS) is 12.0. The third-order valence-corrected chi connectivity index (χ3v) is 3.10. The van der Waals surface area contributed by atoms with Gasteiger partial charge in [-0.25, -0.2) is 0 Å². The Kier molecular flexibility index (Phi) is 5.63. The minimum Gasteiger partial charge on any atom is -0.493 e. The van der Waals surface area contributed by atoms with E-state index in [9.17, 15) is 4.79 Å². The average molecular weight is 267 g/mol. The van der Waals surface area contributed by atoms with Gasteiger partial charge in [0.25, 0.3) is 0 Å². The number of nitrogens with two attached hydrogens (primary N) is 1. The van der Waals surface area contributed by atoms with Crippen LogP contribution in [-0.4, -0.2) is 25.3 Å². The molecule has 5 nitrogen and oxygen atoms in total. The second-order valence-electron chi connectivity index (χ2n) is 4.27. The maximum atomic E-state index is 10.7. The van der Waals surface area contributed by atoms with Crippen LogP contribution in [0.4, 0.5) is 0 Å². The maximum Gasteiger partial charge on any atom is 0.303 e. The lowest BCUT2D eigenvalue weighted by atomic mass is 9.94. The molecule has 19 heavy (non-hydrogen) atoms. The molecule has 0 bridgehead atoms.